The highest BCUT2D eigenvalue weighted by atomic mass is 16.3. The lowest BCUT2D eigenvalue weighted by Crippen LogP contribution is -2.16. The van der Waals surface area contributed by atoms with E-state index in [4.69, 9.17) is 8.83 Å². The molecule has 0 amide bonds. The summed E-state index contributed by atoms with van der Waals surface area (Å²) in [5.41, 5.74) is 16.0. The highest BCUT2D eigenvalue weighted by Gasteiger charge is 2.36. The average Bonchev–Trinajstić information content (AvgIpc) is 4.03. The molecule has 0 radical (unpaired) electrons. The van der Waals surface area contributed by atoms with Gasteiger partial charge in [0.1, 0.15) is 16.9 Å². The molecular weight excluding hydrogens is 745 g/mol. The van der Waals surface area contributed by atoms with Gasteiger partial charge < -0.3 is 18.3 Å². The Morgan fingerprint density at radius 1 is 0.541 bits per heavy atom. The molecule has 1 aliphatic carbocycles. The van der Waals surface area contributed by atoms with Crippen LogP contribution in [0.25, 0.3) is 88.7 Å². The molecule has 1 aliphatic rings. The van der Waals surface area contributed by atoms with Gasteiger partial charge in [0.25, 0.3) is 0 Å². The fraction of sp³-hybridized carbons (Fsp3) is 0.0526. The Hall–Kier alpha value is -7.82. The first-order chi connectivity index (χ1) is 30.0. The third-order valence-electron chi connectivity index (χ3n) is 12.8. The van der Waals surface area contributed by atoms with Gasteiger partial charge in [-0.15, -0.1) is 0 Å². The van der Waals surface area contributed by atoms with E-state index in [-0.39, 0.29) is 5.41 Å². The molecule has 290 valence electrons. The van der Waals surface area contributed by atoms with Gasteiger partial charge in [-0.05, 0) is 106 Å². The molecule has 4 nitrogen and oxygen atoms in total. The highest BCUT2D eigenvalue weighted by molar-refractivity contribution is 6.13. The van der Waals surface area contributed by atoms with Gasteiger partial charge in [0.15, 0.2) is 11.3 Å². The van der Waals surface area contributed by atoms with Gasteiger partial charge in [-0.1, -0.05) is 142 Å². The van der Waals surface area contributed by atoms with Gasteiger partial charge >= 0.3 is 0 Å². The lowest BCUT2D eigenvalue weighted by atomic mass is 9.82. The van der Waals surface area contributed by atoms with Crippen LogP contribution in [-0.4, -0.2) is 4.57 Å². The lowest BCUT2D eigenvalue weighted by molar-refractivity contribution is 0.604. The summed E-state index contributed by atoms with van der Waals surface area (Å²) >= 11 is 0. The smallest absolute Gasteiger partial charge is 0.159 e. The Morgan fingerprint density at radius 3 is 2.10 bits per heavy atom. The van der Waals surface area contributed by atoms with Crippen LogP contribution in [0.1, 0.15) is 30.7 Å². The fourth-order valence-electron chi connectivity index (χ4n) is 9.92. The molecule has 61 heavy (non-hydrogen) atoms. The normalized spacial score (nSPS) is 13.2. The quantitative estimate of drug-likeness (QED) is 0.151. The summed E-state index contributed by atoms with van der Waals surface area (Å²) in [6, 6.07) is 63.1. The number of allylic oxidation sites excluding steroid dienone is 2. The Kier molecular flexibility index (Phi) is 7.69. The van der Waals surface area contributed by atoms with Crippen molar-refractivity contribution in [2.45, 2.75) is 19.3 Å². The number of furan rings is 2. The monoisotopic (exact) mass is 784 g/mol. The maximum Gasteiger partial charge on any atom is 0.159 e. The van der Waals surface area contributed by atoms with Crippen LogP contribution in [0.15, 0.2) is 203 Å². The second-order valence-electron chi connectivity index (χ2n) is 16.5. The number of hydrogen-bond acceptors (Lipinski definition) is 3. The summed E-state index contributed by atoms with van der Waals surface area (Å²) in [6.45, 7) is 8.69. The van der Waals surface area contributed by atoms with Crippen LogP contribution in [0.4, 0.5) is 17.1 Å². The molecule has 11 aromatic rings. The molecule has 3 aromatic heterocycles. The molecule has 0 fully saturated rings. The van der Waals surface area contributed by atoms with Crippen LogP contribution in [0.5, 0.6) is 0 Å². The Bertz CT molecular complexity index is 3600. The molecule has 0 N–H and O–H groups in total. The zero-order valence-electron chi connectivity index (χ0n) is 33.9. The van der Waals surface area contributed by atoms with E-state index >= 15 is 0 Å². The van der Waals surface area contributed by atoms with Crippen molar-refractivity contribution in [1.82, 2.24) is 4.57 Å². The van der Waals surface area contributed by atoms with E-state index in [9.17, 15) is 0 Å². The molecule has 4 heteroatoms. The molecule has 3 heterocycles. The van der Waals surface area contributed by atoms with Crippen LogP contribution < -0.4 is 4.90 Å². The van der Waals surface area contributed by atoms with E-state index in [1.807, 2.05) is 24.3 Å². The molecule has 0 bridgehead atoms. The summed E-state index contributed by atoms with van der Waals surface area (Å²) in [5.74, 6) is 0.726. The van der Waals surface area contributed by atoms with E-state index < -0.39 is 0 Å². The number of benzene rings is 8. The minimum Gasteiger partial charge on any atom is -0.454 e. The van der Waals surface area contributed by atoms with Crippen molar-refractivity contribution in [3.05, 3.63) is 212 Å². The standard InChI is InChI=1S/C57H40N2O2/c1-4-5-25-54-55(46-34-37(28-32-53(46)60-54)36-27-31-50-45(33-36)42-19-10-13-23-49(42)58(50)38-16-7-6-8-17-38)59(51-24-15-21-44-43-20-11-14-26-52(43)61-56(44)51)39-29-30-41-40-18-9-12-22-47(40)57(2,3)48(41)35-39/h4-35H,1H2,2-3H3/b25-5-. The number of para-hydroxylation sites is 4. The Balaban J connectivity index is 1.11. The third-order valence-corrected chi connectivity index (χ3v) is 12.8. The first-order valence-electron chi connectivity index (χ1n) is 20.9. The van der Waals surface area contributed by atoms with E-state index in [1.54, 1.807) is 6.08 Å². The van der Waals surface area contributed by atoms with Crippen LogP contribution in [-0.2, 0) is 5.41 Å². The summed E-state index contributed by atoms with van der Waals surface area (Å²) in [4.78, 5) is 2.35. The van der Waals surface area contributed by atoms with Gasteiger partial charge in [-0.3, -0.25) is 0 Å². The van der Waals surface area contributed by atoms with Crippen molar-refractivity contribution in [2.24, 2.45) is 0 Å². The van der Waals surface area contributed by atoms with Crippen molar-refractivity contribution in [2.75, 3.05) is 4.90 Å². The van der Waals surface area contributed by atoms with Gasteiger partial charge in [-0.2, -0.15) is 0 Å². The second kappa shape index (κ2) is 13.4. The van der Waals surface area contributed by atoms with Gasteiger partial charge in [-0.25, -0.2) is 0 Å². The maximum absolute atomic E-state index is 6.84. The zero-order chi connectivity index (χ0) is 40.8. The molecule has 0 spiro atoms. The van der Waals surface area contributed by atoms with Crippen molar-refractivity contribution in [3.63, 3.8) is 0 Å². The van der Waals surface area contributed by atoms with Crippen molar-refractivity contribution in [3.8, 4) is 27.9 Å². The van der Waals surface area contributed by atoms with Crippen molar-refractivity contribution < 1.29 is 8.83 Å². The first kappa shape index (κ1) is 35.2. The molecule has 0 saturated heterocycles. The lowest BCUT2D eigenvalue weighted by Gasteiger charge is -2.28. The average molecular weight is 785 g/mol. The topological polar surface area (TPSA) is 34.5 Å². The Morgan fingerprint density at radius 2 is 1.23 bits per heavy atom. The van der Waals surface area contributed by atoms with Crippen molar-refractivity contribution >= 4 is 77.9 Å². The molecule has 0 atom stereocenters. The number of nitrogens with zero attached hydrogens (tertiary/aromatic N) is 2. The molecule has 0 saturated carbocycles. The van der Waals surface area contributed by atoms with E-state index in [2.05, 4.69) is 194 Å². The Labute approximate surface area is 353 Å². The summed E-state index contributed by atoms with van der Waals surface area (Å²) in [5, 5.41) is 5.56. The van der Waals surface area contributed by atoms with Crippen LogP contribution in [0.2, 0.25) is 0 Å². The number of hydrogen-bond donors (Lipinski definition) is 0. The predicted octanol–water partition coefficient (Wildman–Crippen LogP) is 16.1. The number of anilines is 3. The zero-order valence-corrected chi connectivity index (χ0v) is 33.9. The summed E-state index contributed by atoms with van der Waals surface area (Å²) in [6.07, 6.45) is 5.76. The molecule has 12 rings (SSSR count). The fourth-order valence-corrected chi connectivity index (χ4v) is 9.92. The SMILES string of the molecule is C=C/C=C\c1oc2ccc(-c3ccc4c(c3)c3ccccc3n4-c3ccccc3)cc2c1N(c1ccc2c(c1)C(C)(C)c1ccccc1-2)c1cccc2c1oc1ccccc12. The number of aromatic nitrogens is 1. The second-order valence-corrected chi connectivity index (χ2v) is 16.5. The molecular formula is C57H40N2O2. The van der Waals surface area contributed by atoms with E-state index in [0.29, 0.717) is 0 Å². The molecule has 0 unspecified atom stereocenters. The van der Waals surface area contributed by atoms with Crippen LogP contribution in [0.3, 0.4) is 0 Å². The highest BCUT2D eigenvalue weighted by Crippen LogP contribution is 2.53. The first-order valence-corrected chi connectivity index (χ1v) is 20.9. The maximum atomic E-state index is 6.84. The number of rotatable bonds is 7. The summed E-state index contributed by atoms with van der Waals surface area (Å²) < 4.78 is 16.0. The minimum absolute atomic E-state index is 0.196. The largest absolute Gasteiger partial charge is 0.454 e. The van der Waals surface area contributed by atoms with E-state index in [0.717, 1.165) is 72.5 Å². The van der Waals surface area contributed by atoms with Gasteiger partial charge in [0.05, 0.1) is 16.7 Å². The van der Waals surface area contributed by atoms with Gasteiger partial charge in [0.2, 0.25) is 0 Å². The molecule has 8 aromatic carbocycles. The number of fused-ring (bicyclic) bond motifs is 10. The van der Waals surface area contributed by atoms with E-state index in [1.165, 1.54) is 44.1 Å². The predicted molar refractivity (Wildman–Crippen MR) is 255 cm³/mol. The summed E-state index contributed by atoms with van der Waals surface area (Å²) in [7, 11) is 0. The van der Waals surface area contributed by atoms with Crippen LogP contribution in [0, 0.1) is 0 Å². The van der Waals surface area contributed by atoms with Gasteiger partial charge in [0, 0.05) is 43.7 Å². The molecule has 0 aliphatic heterocycles. The minimum atomic E-state index is -0.196. The third kappa shape index (κ3) is 5.25. The van der Waals surface area contributed by atoms with Crippen LogP contribution >= 0.6 is 0 Å². The van der Waals surface area contributed by atoms with Crippen molar-refractivity contribution in [1.29, 1.82) is 0 Å².